The molecular formula is C19H35IN4O3S2. The molecule has 3 N–H and O–H groups in total. The van der Waals surface area contributed by atoms with Crippen LogP contribution in [-0.2, 0) is 14.8 Å². The Bertz CT molecular complexity index is 732. The van der Waals surface area contributed by atoms with Crippen LogP contribution in [0.2, 0.25) is 0 Å². The number of sulfonamides is 1. The summed E-state index contributed by atoms with van der Waals surface area (Å²) in [7, 11) is -1.71. The zero-order chi connectivity index (χ0) is 20.5. The van der Waals surface area contributed by atoms with E-state index < -0.39 is 10.0 Å². The van der Waals surface area contributed by atoms with Crippen molar-refractivity contribution in [2.45, 2.75) is 50.2 Å². The number of guanidine groups is 1. The van der Waals surface area contributed by atoms with Crippen LogP contribution in [0.5, 0.6) is 0 Å². The molecule has 0 aromatic carbocycles. The van der Waals surface area contributed by atoms with Gasteiger partial charge in [0.15, 0.2) is 5.96 Å². The minimum atomic E-state index is -3.44. The normalized spacial score (nSPS) is 16.4. The second kappa shape index (κ2) is 13.1. The number of aliphatic imine (C=N–C) groups is 1. The number of aryl methyl sites for hydroxylation is 1. The largest absolute Gasteiger partial charge is 0.382 e. The summed E-state index contributed by atoms with van der Waals surface area (Å²) in [6.07, 6.45) is 6.02. The Kier molecular flexibility index (Phi) is 12.0. The Morgan fingerprint density at radius 3 is 2.55 bits per heavy atom. The van der Waals surface area contributed by atoms with Crippen molar-refractivity contribution in [2.24, 2.45) is 10.4 Å². The molecule has 168 valence electrons. The van der Waals surface area contributed by atoms with E-state index in [4.69, 9.17) is 4.74 Å². The Morgan fingerprint density at radius 1 is 1.24 bits per heavy atom. The first-order valence-electron chi connectivity index (χ1n) is 9.99. The fraction of sp³-hybridized carbons (Fsp3) is 0.737. The van der Waals surface area contributed by atoms with E-state index in [0.29, 0.717) is 23.3 Å². The van der Waals surface area contributed by atoms with E-state index in [-0.39, 0.29) is 29.4 Å². The van der Waals surface area contributed by atoms with Gasteiger partial charge in [-0.05, 0) is 50.7 Å². The van der Waals surface area contributed by atoms with Gasteiger partial charge in [0, 0.05) is 44.8 Å². The maximum atomic E-state index is 12.2. The van der Waals surface area contributed by atoms with E-state index in [2.05, 4.69) is 20.3 Å². The molecule has 1 aliphatic carbocycles. The monoisotopic (exact) mass is 558 g/mol. The van der Waals surface area contributed by atoms with Crippen LogP contribution in [0.1, 0.15) is 43.9 Å². The topological polar surface area (TPSA) is 91.8 Å². The number of hydrogen-bond acceptors (Lipinski definition) is 5. The number of halogens is 1. The molecule has 1 heterocycles. The highest BCUT2D eigenvalue weighted by molar-refractivity contribution is 14.0. The standard InChI is InChI=1S/C19H34N4O3S2.HI/c1-4-26-14-11-19(9-5-6-10-19)15-22-18(20-3)21-12-13-23-28(24,25)17-8-7-16(2)27-17;/h7-8,23H,4-6,9-15H2,1-3H3,(H2,20,21,22);1H. The van der Waals surface area contributed by atoms with Gasteiger partial charge in [-0.15, -0.1) is 35.3 Å². The highest BCUT2D eigenvalue weighted by Gasteiger charge is 2.33. The number of hydrogen-bond donors (Lipinski definition) is 3. The van der Waals surface area contributed by atoms with Crippen LogP contribution < -0.4 is 15.4 Å². The van der Waals surface area contributed by atoms with Crippen molar-refractivity contribution in [2.75, 3.05) is 39.9 Å². The zero-order valence-corrected chi connectivity index (χ0v) is 21.6. The zero-order valence-electron chi connectivity index (χ0n) is 17.6. The second-order valence-electron chi connectivity index (χ2n) is 7.27. The number of rotatable bonds is 11. The van der Waals surface area contributed by atoms with Crippen molar-refractivity contribution in [3.8, 4) is 0 Å². The number of nitrogens with zero attached hydrogens (tertiary/aromatic N) is 1. The molecule has 1 aliphatic rings. The Balaban J connectivity index is 0.00000420. The van der Waals surface area contributed by atoms with Crippen LogP contribution >= 0.6 is 35.3 Å². The molecule has 0 atom stereocenters. The Hall–Kier alpha value is -0.430. The van der Waals surface area contributed by atoms with E-state index in [0.717, 1.165) is 31.1 Å². The average molecular weight is 559 g/mol. The van der Waals surface area contributed by atoms with Crippen molar-refractivity contribution < 1.29 is 13.2 Å². The first-order valence-corrected chi connectivity index (χ1v) is 12.3. The molecule has 0 radical (unpaired) electrons. The minimum Gasteiger partial charge on any atom is -0.382 e. The van der Waals surface area contributed by atoms with Crippen molar-refractivity contribution in [3.63, 3.8) is 0 Å². The van der Waals surface area contributed by atoms with Gasteiger partial charge in [-0.2, -0.15) is 0 Å². The van der Waals surface area contributed by atoms with Crippen LogP contribution in [0.3, 0.4) is 0 Å². The van der Waals surface area contributed by atoms with Gasteiger partial charge >= 0.3 is 0 Å². The highest BCUT2D eigenvalue weighted by atomic mass is 127. The van der Waals surface area contributed by atoms with Gasteiger partial charge in [-0.1, -0.05) is 12.8 Å². The molecule has 0 spiro atoms. The molecule has 0 unspecified atom stereocenters. The fourth-order valence-corrected chi connectivity index (χ4v) is 5.92. The molecule has 0 saturated heterocycles. The van der Waals surface area contributed by atoms with E-state index in [1.807, 2.05) is 19.9 Å². The molecular weight excluding hydrogens is 523 g/mol. The van der Waals surface area contributed by atoms with Crippen molar-refractivity contribution in [3.05, 3.63) is 17.0 Å². The van der Waals surface area contributed by atoms with Gasteiger partial charge in [0.2, 0.25) is 10.0 Å². The predicted octanol–water partition coefficient (Wildman–Crippen LogP) is 3.10. The van der Waals surface area contributed by atoms with E-state index in [1.165, 1.54) is 37.0 Å². The SMILES string of the molecule is CCOCCC1(CNC(=NC)NCCNS(=O)(=O)c2ccc(C)s2)CCCC1.I. The Morgan fingerprint density at radius 2 is 1.97 bits per heavy atom. The quantitative estimate of drug-likeness (QED) is 0.168. The minimum absolute atomic E-state index is 0. The molecule has 1 saturated carbocycles. The summed E-state index contributed by atoms with van der Waals surface area (Å²) in [5, 5.41) is 6.61. The van der Waals surface area contributed by atoms with Gasteiger partial charge in [0.05, 0.1) is 0 Å². The summed E-state index contributed by atoms with van der Waals surface area (Å²) in [5.41, 5.74) is 0.269. The smallest absolute Gasteiger partial charge is 0.250 e. The van der Waals surface area contributed by atoms with Gasteiger partial charge < -0.3 is 15.4 Å². The lowest BCUT2D eigenvalue weighted by molar-refractivity contribution is 0.105. The van der Waals surface area contributed by atoms with Crippen molar-refractivity contribution in [1.82, 2.24) is 15.4 Å². The van der Waals surface area contributed by atoms with Crippen LogP contribution in [-0.4, -0.2) is 54.3 Å². The average Bonchev–Trinajstić information content (AvgIpc) is 3.31. The fourth-order valence-electron chi connectivity index (χ4n) is 3.56. The molecule has 29 heavy (non-hydrogen) atoms. The van der Waals surface area contributed by atoms with E-state index >= 15 is 0 Å². The number of nitrogens with one attached hydrogen (secondary N) is 3. The first-order chi connectivity index (χ1) is 13.4. The lowest BCUT2D eigenvalue weighted by Gasteiger charge is -2.30. The van der Waals surface area contributed by atoms with Crippen molar-refractivity contribution >= 4 is 51.3 Å². The molecule has 2 rings (SSSR count). The summed E-state index contributed by atoms with van der Waals surface area (Å²) < 4.78 is 33.0. The lowest BCUT2D eigenvalue weighted by atomic mass is 9.83. The maximum absolute atomic E-state index is 12.2. The molecule has 0 aliphatic heterocycles. The number of thiophene rings is 1. The summed E-state index contributed by atoms with van der Waals surface area (Å²) in [4.78, 5) is 5.24. The first kappa shape index (κ1) is 26.6. The van der Waals surface area contributed by atoms with Gasteiger partial charge in [-0.3, -0.25) is 4.99 Å². The summed E-state index contributed by atoms with van der Waals surface area (Å²) in [6, 6.07) is 3.45. The summed E-state index contributed by atoms with van der Waals surface area (Å²) >= 11 is 1.28. The van der Waals surface area contributed by atoms with E-state index in [1.54, 1.807) is 13.1 Å². The molecule has 10 heteroatoms. The molecule has 1 aromatic rings. The van der Waals surface area contributed by atoms with Crippen molar-refractivity contribution in [1.29, 1.82) is 0 Å². The predicted molar refractivity (Wildman–Crippen MR) is 131 cm³/mol. The van der Waals surface area contributed by atoms with Gasteiger partial charge in [-0.25, -0.2) is 13.1 Å². The summed E-state index contributed by atoms with van der Waals surface area (Å²) in [5.74, 6) is 0.703. The van der Waals surface area contributed by atoms with Crippen LogP contribution in [0.4, 0.5) is 0 Å². The second-order valence-corrected chi connectivity index (χ2v) is 10.6. The lowest BCUT2D eigenvalue weighted by Crippen LogP contribution is -2.45. The molecule has 7 nitrogen and oxygen atoms in total. The number of ether oxygens (including phenoxy) is 1. The molecule has 1 fully saturated rings. The molecule has 0 bridgehead atoms. The van der Waals surface area contributed by atoms with Crippen LogP contribution in [0.15, 0.2) is 21.3 Å². The third-order valence-corrected chi connectivity index (χ3v) is 8.14. The third kappa shape index (κ3) is 8.68. The van der Waals surface area contributed by atoms with E-state index in [9.17, 15) is 8.42 Å². The van der Waals surface area contributed by atoms with Gasteiger partial charge in [0.1, 0.15) is 4.21 Å². The van der Waals surface area contributed by atoms with Gasteiger partial charge in [0.25, 0.3) is 0 Å². The highest BCUT2D eigenvalue weighted by Crippen LogP contribution is 2.40. The maximum Gasteiger partial charge on any atom is 0.250 e. The van der Waals surface area contributed by atoms with Crippen LogP contribution in [0.25, 0.3) is 0 Å². The molecule has 1 aromatic heterocycles. The molecule has 0 amide bonds. The summed E-state index contributed by atoms with van der Waals surface area (Å²) in [6.45, 7) is 7.11. The van der Waals surface area contributed by atoms with Crippen LogP contribution in [0, 0.1) is 12.3 Å². The third-order valence-electron chi connectivity index (χ3n) is 5.19. The Labute approximate surface area is 196 Å².